The van der Waals surface area contributed by atoms with E-state index in [2.05, 4.69) is 0 Å². The second-order valence-corrected chi connectivity index (χ2v) is 6.26. The van der Waals surface area contributed by atoms with Crippen molar-refractivity contribution in [2.24, 2.45) is 0 Å². The molecule has 0 aliphatic rings. The van der Waals surface area contributed by atoms with Gasteiger partial charge in [0.1, 0.15) is 12.4 Å². The number of carbonyl (C=O) groups is 2. The highest BCUT2D eigenvalue weighted by molar-refractivity contribution is 14.1. The number of carboxylic acids is 1. The van der Waals surface area contributed by atoms with Gasteiger partial charge in [0.15, 0.2) is 6.04 Å². The summed E-state index contributed by atoms with van der Waals surface area (Å²) in [6, 6.07) is 12.3. The van der Waals surface area contributed by atoms with Crippen molar-refractivity contribution in [3.05, 3.63) is 63.2 Å². The number of hydrogen-bond acceptors (Lipinski definition) is 4. The summed E-state index contributed by atoms with van der Waals surface area (Å²) in [5, 5.41) is 19.0. The van der Waals surface area contributed by atoms with Gasteiger partial charge in [-0.1, -0.05) is 36.4 Å². The van der Waals surface area contributed by atoms with Crippen molar-refractivity contribution in [1.82, 2.24) is 4.90 Å². The van der Waals surface area contributed by atoms with Crippen LogP contribution in [0.25, 0.3) is 0 Å². The molecule has 0 aromatic heterocycles. The molecule has 6 nitrogen and oxygen atoms in total. The summed E-state index contributed by atoms with van der Waals surface area (Å²) < 4.78 is 5.67. The van der Waals surface area contributed by atoms with Crippen LogP contribution < -0.4 is 0 Å². The van der Waals surface area contributed by atoms with Gasteiger partial charge in [0, 0.05) is 7.05 Å². The van der Waals surface area contributed by atoms with Gasteiger partial charge in [-0.25, -0.2) is 9.59 Å². The van der Waals surface area contributed by atoms with Crippen molar-refractivity contribution in [3.8, 4) is 5.75 Å². The molecular formula is C17H16INO5. The number of ether oxygens (including phenoxy) is 1. The number of carbonyl (C=O) groups excluding carboxylic acids is 1. The number of rotatable bonds is 5. The summed E-state index contributed by atoms with van der Waals surface area (Å²) in [6.45, 7) is 0.0590. The first-order valence-corrected chi connectivity index (χ1v) is 8.12. The number of aromatic hydroxyl groups is 1. The maximum absolute atomic E-state index is 12.2. The zero-order valence-corrected chi connectivity index (χ0v) is 15.0. The molecule has 2 rings (SSSR count). The summed E-state index contributed by atoms with van der Waals surface area (Å²) >= 11 is 1.89. The second kappa shape index (κ2) is 8.00. The van der Waals surface area contributed by atoms with Gasteiger partial charge in [0.25, 0.3) is 0 Å². The Bertz CT molecular complexity index is 735. The molecule has 0 saturated carbocycles. The lowest BCUT2D eigenvalue weighted by Gasteiger charge is -2.24. The van der Waals surface area contributed by atoms with Crippen LogP contribution in [0.3, 0.4) is 0 Å². The van der Waals surface area contributed by atoms with Gasteiger partial charge >= 0.3 is 12.1 Å². The largest absolute Gasteiger partial charge is 0.507 e. The number of likely N-dealkylation sites (N-methyl/N-ethyl adjacent to an activating group) is 1. The average molecular weight is 441 g/mol. The van der Waals surface area contributed by atoms with Gasteiger partial charge in [-0.2, -0.15) is 0 Å². The fraction of sp³-hybridized carbons (Fsp3) is 0.176. The summed E-state index contributed by atoms with van der Waals surface area (Å²) in [4.78, 5) is 24.8. The third-order valence-corrected chi connectivity index (χ3v) is 4.27. The Morgan fingerprint density at radius 3 is 2.46 bits per heavy atom. The number of aliphatic carboxylic acids is 1. The van der Waals surface area contributed by atoms with Crippen molar-refractivity contribution in [2.75, 3.05) is 7.05 Å². The first-order valence-electron chi connectivity index (χ1n) is 7.05. The fourth-order valence-corrected chi connectivity index (χ4v) is 2.69. The van der Waals surface area contributed by atoms with Crippen LogP contribution >= 0.6 is 22.6 Å². The molecule has 0 bridgehead atoms. The van der Waals surface area contributed by atoms with Crippen LogP contribution in [-0.4, -0.2) is 34.2 Å². The summed E-state index contributed by atoms with van der Waals surface area (Å²) in [5.74, 6) is -1.13. The van der Waals surface area contributed by atoms with Crippen LogP contribution in [0.5, 0.6) is 5.75 Å². The molecule has 7 heteroatoms. The van der Waals surface area contributed by atoms with E-state index in [1.165, 1.54) is 25.2 Å². The molecule has 24 heavy (non-hydrogen) atoms. The molecule has 1 atom stereocenters. The average Bonchev–Trinajstić information content (AvgIpc) is 2.56. The molecule has 0 spiro atoms. The van der Waals surface area contributed by atoms with Crippen LogP contribution in [0.15, 0.2) is 48.5 Å². The third kappa shape index (κ3) is 4.38. The number of nitrogens with zero attached hydrogens (tertiary/aromatic N) is 1. The van der Waals surface area contributed by atoms with Gasteiger partial charge in [-0.05, 0) is 45.9 Å². The van der Waals surface area contributed by atoms with Crippen molar-refractivity contribution in [3.63, 3.8) is 0 Å². The predicted molar refractivity (Wildman–Crippen MR) is 95.6 cm³/mol. The molecule has 1 amide bonds. The monoisotopic (exact) mass is 441 g/mol. The minimum absolute atomic E-state index is 0.0535. The lowest BCUT2D eigenvalue weighted by Crippen LogP contribution is -2.36. The lowest BCUT2D eigenvalue weighted by atomic mass is 10.1. The van der Waals surface area contributed by atoms with E-state index in [9.17, 15) is 19.8 Å². The van der Waals surface area contributed by atoms with Crippen LogP contribution in [0.4, 0.5) is 4.79 Å². The minimum Gasteiger partial charge on any atom is -0.507 e. The third-order valence-electron chi connectivity index (χ3n) is 3.40. The summed E-state index contributed by atoms with van der Waals surface area (Å²) in [5.41, 5.74) is 1.19. The van der Waals surface area contributed by atoms with Crippen LogP contribution in [-0.2, 0) is 16.1 Å². The van der Waals surface area contributed by atoms with Crippen LogP contribution in [0.2, 0.25) is 0 Å². The maximum Gasteiger partial charge on any atom is 0.410 e. The highest BCUT2D eigenvalue weighted by Crippen LogP contribution is 2.27. The smallest absolute Gasteiger partial charge is 0.410 e. The Hall–Kier alpha value is -2.29. The first kappa shape index (κ1) is 18.1. The Labute approximate surface area is 152 Å². The number of hydrogen-bond donors (Lipinski definition) is 2. The van der Waals surface area contributed by atoms with E-state index < -0.39 is 18.1 Å². The topological polar surface area (TPSA) is 87.1 Å². The Kier molecular flexibility index (Phi) is 6.02. The van der Waals surface area contributed by atoms with E-state index in [0.717, 1.165) is 10.5 Å². The Morgan fingerprint density at radius 1 is 1.21 bits per heavy atom. The van der Waals surface area contributed by atoms with Crippen molar-refractivity contribution in [1.29, 1.82) is 0 Å². The molecule has 1 unspecified atom stereocenters. The van der Waals surface area contributed by atoms with Crippen molar-refractivity contribution >= 4 is 34.7 Å². The molecule has 0 fully saturated rings. The number of phenolic OH excluding ortho intramolecular Hbond substituents is 1. The van der Waals surface area contributed by atoms with E-state index in [0.29, 0.717) is 9.13 Å². The fourth-order valence-electron chi connectivity index (χ4n) is 2.15. The minimum atomic E-state index is -1.21. The number of amides is 1. The zero-order chi connectivity index (χ0) is 17.7. The molecule has 2 N–H and O–H groups in total. The molecule has 0 saturated heterocycles. The number of benzene rings is 2. The maximum atomic E-state index is 12.2. The molecular weight excluding hydrogens is 425 g/mol. The van der Waals surface area contributed by atoms with Crippen LogP contribution in [0, 0.1) is 3.57 Å². The van der Waals surface area contributed by atoms with E-state index >= 15 is 0 Å². The molecule has 0 aliphatic carbocycles. The van der Waals surface area contributed by atoms with Gasteiger partial charge in [-0.3, -0.25) is 4.90 Å². The quantitative estimate of drug-likeness (QED) is 0.695. The summed E-state index contributed by atoms with van der Waals surface area (Å²) in [6.07, 6.45) is -0.741. The van der Waals surface area contributed by atoms with Crippen molar-refractivity contribution < 1.29 is 24.5 Å². The molecule has 0 heterocycles. The highest BCUT2D eigenvalue weighted by atomic mass is 127. The van der Waals surface area contributed by atoms with Crippen LogP contribution in [0.1, 0.15) is 17.2 Å². The van der Waals surface area contributed by atoms with Gasteiger partial charge in [0.05, 0.1) is 3.57 Å². The first-order chi connectivity index (χ1) is 11.4. The van der Waals surface area contributed by atoms with E-state index in [1.807, 2.05) is 52.9 Å². The Morgan fingerprint density at radius 2 is 1.88 bits per heavy atom. The van der Waals surface area contributed by atoms with E-state index in [-0.39, 0.29) is 12.4 Å². The van der Waals surface area contributed by atoms with Gasteiger partial charge in [0.2, 0.25) is 0 Å². The van der Waals surface area contributed by atoms with Gasteiger partial charge in [-0.15, -0.1) is 0 Å². The van der Waals surface area contributed by atoms with E-state index in [4.69, 9.17) is 4.74 Å². The second-order valence-electron chi connectivity index (χ2n) is 5.10. The molecule has 0 radical (unpaired) electrons. The number of carboxylic acid groups (broad SMARTS) is 1. The summed E-state index contributed by atoms with van der Waals surface area (Å²) in [7, 11) is 1.37. The van der Waals surface area contributed by atoms with Crippen molar-refractivity contribution in [2.45, 2.75) is 12.6 Å². The number of phenols is 1. The Balaban J connectivity index is 2.13. The predicted octanol–water partition coefficient (Wildman–Crippen LogP) is 3.39. The molecule has 126 valence electrons. The zero-order valence-electron chi connectivity index (χ0n) is 12.8. The normalized spacial score (nSPS) is 11.6. The highest BCUT2D eigenvalue weighted by Gasteiger charge is 2.29. The van der Waals surface area contributed by atoms with Gasteiger partial charge < -0.3 is 14.9 Å². The standard InChI is InChI=1S/C17H16INO5/c1-19(17(23)24-10-11-5-3-2-4-6-11)15(16(21)22)12-7-8-14(20)13(18)9-12/h2-9,15,20H,10H2,1H3,(H,21,22). The molecule has 2 aromatic carbocycles. The lowest BCUT2D eigenvalue weighted by molar-refractivity contribution is -0.142. The number of halogens is 1. The molecule has 2 aromatic rings. The van der Waals surface area contributed by atoms with E-state index in [1.54, 1.807) is 0 Å². The SMILES string of the molecule is CN(C(=O)OCc1ccccc1)C(C(=O)O)c1ccc(O)c(I)c1. The molecule has 0 aliphatic heterocycles.